The molecule has 2 aliphatic rings. The van der Waals surface area contributed by atoms with Crippen LogP contribution in [-0.4, -0.2) is 22.4 Å². The van der Waals surface area contributed by atoms with Crippen LogP contribution < -0.4 is 0 Å². The molecule has 4 atom stereocenters. The van der Waals surface area contributed by atoms with Gasteiger partial charge in [0.05, 0.1) is 23.3 Å². The maximum Gasteiger partial charge on any atom is 0.0996 e. The summed E-state index contributed by atoms with van der Waals surface area (Å²) in [5, 5.41) is 29.3. The zero-order valence-corrected chi connectivity index (χ0v) is 24.8. The van der Waals surface area contributed by atoms with Crippen molar-refractivity contribution in [1.82, 2.24) is 0 Å². The van der Waals surface area contributed by atoms with Crippen molar-refractivity contribution in [3.8, 4) is 22.3 Å². The molecule has 0 aliphatic heterocycles. The lowest BCUT2D eigenvalue weighted by atomic mass is 9.75. The minimum atomic E-state index is -1.04. The highest BCUT2D eigenvalue weighted by molar-refractivity contribution is 5.64. The zero-order chi connectivity index (χ0) is 30.8. The van der Waals surface area contributed by atoms with Crippen molar-refractivity contribution in [2.75, 3.05) is 0 Å². The van der Waals surface area contributed by atoms with Crippen molar-refractivity contribution in [2.24, 2.45) is 10.2 Å². The topological polar surface area (TPSA) is 138 Å². The molecule has 0 saturated heterocycles. The van der Waals surface area contributed by atoms with E-state index >= 15 is 0 Å². The van der Waals surface area contributed by atoms with Crippen molar-refractivity contribution in [1.29, 1.82) is 0 Å². The quantitative estimate of drug-likeness (QED) is 0.132. The van der Waals surface area contributed by atoms with Crippen LogP contribution in [0.5, 0.6) is 0 Å². The van der Waals surface area contributed by atoms with Crippen molar-refractivity contribution >= 4 is 0 Å². The largest absolute Gasteiger partial charge is 0.392 e. The Morgan fingerprint density at radius 1 is 0.591 bits per heavy atom. The molecule has 8 nitrogen and oxygen atoms in total. The number of hydrogen-bond acceptors (Lipinski definition) is 4. The number of rotatable bonds is 6. The summed E-state index contributed by atoms with van der Waals surface area (Å²) in [6.45, 7) is 0. The van der Waals surface area contributed by atoms with Crippen molar-refractivity contribution < 1.29 is 10.2 Å². The van der Waals surface area contributed by atoms with Gasteiger partial charge in [0.2, 0.25) is 0 Å². The van der Waals surface area contributed by atoms with Gasteiger partial charge in [-0.2, -0.15) is 0 Å². The second kappa shape index (κ2) is 14.3. The van der Waals surface area contributed by atoms with E-state index in [0.717, 1.165) is 65.5 Å². The Balaban J connectivity index is 0.000000175. The second-order valence-electron chi connectivity index (χ2n) is 11.7. The van der Waals surface area contributed by atoms with E-state index in [4.69, 9.17) is 11.1 Å². The van der Waals surface area contributed by atoms with Gasteiger partial charge in [0.25, 0.3) is 0 Å². The summed E-state index contributed by atoms with van der Waals surface area (Å²) in [6, 6.07) is 35.8. The Morgan fingerprint density at radius 2 is 1.09 bits per heavy atom. The number of aliphatic hydroxyl groups excluding tert-OH is 1. The molecular weight excluding hydrogens is 548 g/mol. The van der Waals surface area contributed by atoms with Gasteiger partial charge in [-0.1, -0.05) is 145 Å². The van der Waals surface area contributed by atoms with Gasteiger partial charge < -0.3 is 10.2 Å². The predicted molar refractivity (Wildman–Crippen MR) is 174 cm³/mol. The molecule has 44 heavy (non-hydrogen) atoms. The first kappa shape index (κ1) is 30.9. The van der Waals surface area contributed by atoms with Gasteiger partial charge in [0, 0.05) is 9.82 Å². The molecular formula is C36H38N6O2. The molecule has 2 aliphatic carbocycles. The lowest BCUT2D eigenvalue weighted by Gasteiger charge is -2.38. The molecule has 0 aromatic heterocycles. The van der Waals surface area contributed by atoms with E-state index in [9.17, 15) is 10.2 Å². The van der Waals surface area contributed by atoms with Crippen LogP contribution in [0, 0.1) is 0 Å². The van der Waals surface area contributed by atoms with Crippen LogP contribution in [0.25, 0.3) is 43.1 Å². The van der Waals surface area contributed by atoms with Gasteiger partial charge in [-0.3, -0.25) is 0 Å². The molecule has 0 bridgehead atoms. The lowest BCUT2D eigenvalue weighted by molar-refractivity contribution is -0.0190. The third kappa shape index (κ3) is 6.65. The van der Waals surface area contributed by atoms with E-state index in [1.165, 1.54) is 0 Å². The van der Waals surface area contributed by atoms with Crippen LogP contribution >= 0.6 is 0 Å². The van der Waals surface area contributed by atoms with E-state index in [-0.39, 0.29) is 6.04 Å². The van der Waals surface area contributed by atoms with Crippen LogP contribution in [0.15, 0.2) is 119 Å². The predicted octanol–water partition coefficient (Wildman–Crippen LogP) is 9.59. The maximum absolute atomic E-state index is 11.0. The molecule has 0 heterocycles. The molecule has 224 valence electrons. The molecule has 8 heteroatoms. The fourth-order valence-electron chi connectivity index (χ4n) is 6.58. The Labute approximate surface area is 258 Å². The molecule has 0 unspecified atom stereocenters. The Bertz CT molecular complexity index is 1600. The average molecular weight is 587 g/mol. The molecule has 6 rings (SSSR count). The molecule has 2 fully saturated rings. The molecule has 0 amide bonds. The fraction of sp³-hybridized carbons (Fsp3) is 0.333. The van der Waals surface area contributed by atoms with Crippen LogP contribution in [0.2, 0.25) is 0 Å². The van der Waals surface area contributed by atoms with E-state index in [0.29, 0.717) is 19.3 Å². The molecule has 0 spiro atoms. The second-order valence-corrected chi connectivity index (χ2v) is 11.7. The Hall–Kier alpha value is -4.58. The monoisotopic (exact) mass is 586 g/mol. The number of hydrogen-bond donors (Lipinski definition) is 2. The Kier molecular flexibility index (Phi) is 10.0. The summed E-state index contributed by atoms with van der Waals surface area (Å²) in [6.07, 6.45) is 6.04. The third-order valence-corrected chi connectivity index (χ3v) is 9.07. The highest BCUT2D eigenvalue weighted by Crippen LogP contribution is 2.42. The minimum absolute atomic E-state index is 0.381. The number of aliphatic hydroxyl groups is 2. The standard InChI is InChI=1S/2C18H19N3O/c19-21-20-18(13-5-4-8-17(18)22)16-11-9-15(10-12-16)14-6-2-1-3-7-14;19-21-20-17-8-4-5-13-18(17,22)16-11-9-15(10-12-16)14-6-2-1-3-7-14/h2*1-3,6-7,9-12,17,22H,4-5,8,13H2/t2*17-,18-/m00/s1. The number of nitrogens with zero attached hydrogens (tertiary/aromatic N) is 6. The van der Waals surface area contributed by atoms with Crippen LogP contribution in [0.4, 0.5) is 0 Å². The summed E-state index contributed by atoms with van der Waals surface area (Å²) in [5.41, 5.74) is 22.1. The molecule has 2 N–H and O–H groups in total. The van der Waals surface area contributed by atoms with Gasteiger partial charge in [-0.25, -0.2) is 0 Å². The lowest BCUT2D eigenvalue weighted by Crippen LogP contribution is -2.40. The SMILES string of the molecule is [N-]=[N+]=N[C@H]1CCCC[C@]1(O)c1ccc(-c2ccccc2)cc1.[N-]=[N+]=N[C@]1(c2ccc(-c3ccccc3)cc2)CCCC[C@@H]1O. The van der Waals surface area contributed by atoms with Crippen molar-refractivity contribution in [3.63, 3.8) is 0 Å². The van der Waals surface area contributed by atoms with Gasteiger partial charge >= 0.3 is 0 Å². The van der Waals surface area contributed by atoms with Gasteiger partial charge in [-0.15, -0.1) is 0 Å². The first-order valence-electron chi connectivity index (χ1n) is 15.3. The minimum Gasteiger partial charge on any atom is -0.392 e. The third-order valence-electron chi connectivity index (χ3n) is 9.07. The van der Waals surface area contributed by atoms with Gasteiger partial charge in [-0.05, 0) is 70.1 Å². The summed E-state index contributed by atoms with van der Waals surface area (Å²) >= 11 is 0. The fourth-order valence-corrected chi connectivity index (χ4v) is 6.58. The summed E-state index contributed by atoms with van der Waals surface area (Å²) < 4.78 is 0. The summed E-state index contributed by atoms with van der Waals surface area (Å²) in [4.78, 5) is 5.91. The highest BCUT2D eigenvalue weighted by Gasteiger charge is 2.41. The smallest absolute Gasteiger partial charge is 0.0996 e. The number of benzene rings is 4. The maximum atomic E-state index is 11.0. The summed E-state index contributed by atoms with van der Waals surface area (Å²) in [7, 11) is 0. The van der Waals surface area contributed by atoms with E-state index in [1.54, 1.807) is 0 Å². The van der Waals surface area contributed by atoms with Crippen LogP contribution in [0.3, 0.4) is 0 Å². The van der Waals surface area contributed by atoms with E-state index < -0.39 is 17.2 Å². The van der Waals surface area contributed by atoms with E-state index in [1.807, 2.05) is 84.9 Å². The first-order valence-corrected chi connectivity index (χ1v) is 15.3. The van der Waals surface area contributed by atoms with Crippen molar-refractivity contribution in [2.45, 2.75) is 74.7 Å². The van der Waals surface area contributed by atoms with E-state index in [2.05, 4.69) is 44.3 Å². The van der Waals surface area contributed by atoms with Crippen molar-refractivity contribution in [3.05, 3.63) is 141 Å². The average Bonchev–Trinajstić information content (AvgIpc) is 3.08. The zero-order valence-electron chi connectivity index (χ0n) is 24.8. The molecule has 2 saturated carbocycles. The summed E-state index contributed by atoms with van der Waals surface area (Å²) in [5.74, 6) is 0. The van der Waals surface area contributed by atoms with Crippen LogP contribution in [0.1, 0.15) is 62.5 Å². The normalized spacial score (nSPS) is 24.5. The van der Waals surface area contributed by atoms with Crippen LogP contribution in [-0.2, 0) is 11.1 Å². The van der Waals surface area contributed by atoms with Gasteiger partial charge in [0.15, 0.2) is 0 Å². The molecule has 0 radical (unpaired) electrons. The first-order chi connectivity index (χ1) is 21.5. The Morgan fingerprint density at radius 3 is 1.61 bits per heavy atom. The molecule has 4 aromatic rings. The number of azide groups is 2. The molecule has 4 aromatic carbocycles. The van der Waals surface area contributed by atoms with Gasteiger partial charge in [0.1, 0.15) is 0 Å². The highest BCUT2D eigenvalue weighted by atomic mass is 16.3.